The number of fused-ring (bicyclic) bond motifs is 1. The Labute approximate surface area is 146 Å². The van der Waals surface area contributed by atoms with E-state index in [0.29, 0.717) is 11.5 Å². The van der Waals surface area contributed by atoms with E-state index in [2.05, 4.69) is 22.9 Å². The molecule has 7 heteroatoms. The van der Waals surface area contributed by atoms with E-state index in [9.17, 15) is 9.59 Å². The maximum atomic E-state index is 12.4. The fraction of sp³-hybridized carbons (Fsp3) is 0.500. The Morgan fingerprint density at radius 2 is 2.13 bits per heavy atom. The summed E-state index contributed by atoms with van der Waals surface area (Å²) in [5.74, 6) is 0.341. The van der Waals surface area contributed by atoms with Crippen molar-refractivity contribution in [1.29, 1.82) is 0 Å². The minimum atomic E-state index is -0.0947. The number of piperidine rings is 1. The van der Waals surface area contributed by atoms with E-state index in [-0.39, 0.29) is 35.5 Å². The van der Waals surface area contributed by atoms with Gasteiger partial charge in [0.1, 0.15) is 0 Å². The minimum absolute atomic E-state index is 0. The molecule has 5 nitrogen and oxygen atoms in total. The van der Waals surface area contributed by atoms with Gasteiger partial charge in [-0.3, -0.25) is 9.59 Å². The lowest BCUT2D eigenvalue weighted by molar-refractivity contribution is -0.115. The highest BCUT2D eigenvalue weighted by atomic mass is 35.5. The van der Waals surface area contributed by atoms with Gasteiger partial charge < -0.3 is 16.0 Å². The number of benzene rings is 1. The van der Waals surface area contributed by atoms with Crippen LogP contribution in [0.3, 0.4) is 0 Å². The number of hydrogen-bond donors (Lipinski definition) is 3. The highest BCUT2D eigenvalue weighted by molar-refractivity contribution is 8.00. The van der Waals surface area contributed by atoms with Gasteiger partial charge in [0.25, 0.3) is 5.91 Å². The van der Waals surface area contributed by atoms with Gasteiger partial charge in [-0.2, -0.15) is 0 Å². The monoisotopic (exact) mass is 355 g/mol. The van der Waals surface area contributed by atoms with E-state index in [0.717, 1.165) is 30.1 Å². The molecule has 3 rings (SSSR count). The van der Waals surface area contributed by atoms with Gasteiger partial charge in [0.15, 0.2) is 0 Å². The highest BCUT2D eigenvalue weighted by Crippen LogP contribution is 2.35. The normalized spacial score (nSPS) is 26.5. The molecule has 0 saturated carbocycles. The molecule has 2 amide bonds. The van der Waals surface area contributed by atoms with E-state index >= 15 is 0 Å². The summed E-state index contributed by atoms with van der Waals surface area (Å²) in [5.41, 5.74) is 1.33. The van der Waals surface area contributed by atoms with E-state index in [1.54, 1.807) is 6.07 Å². The number of thioether (sulfide) groups is 1. The van der Waals surface area contributed by atoms with Crippen LogP contribution in [0.25, 0.3) is 0 Å². The summed E-state index contributed by atoms with van der Waals surface area (Å²) in [6, 6.07) is 5.72. The van der Waals surface area contributed by atoms with Crippen molar-refractivity contribution in [3.63, 3.8) is 0 Å². The van der Waals surface area contributed by atoms with Crippen molar-refractivity contribution in [2.24, 2.45) is 5.92 Å². The second kappa shape index (κ2) is 7.55. The molecule has 1 saturated heterocycles. The fourth-order valence-electron chi connectivity index (χ4n) is 2.83. The van der Waals surface area contributed by atoms with Crippen LogP contribution in [0.15, 0.2) is 23.1 Å². The van der Waals surface area contributed by atoms with Crippen LogP contribution in [0.1, 0.15) is 30.6 Å². The molecular formula is C16H22ClN3O2S. The molecule has 2 heterocycles. The first kappa shape index (κ1) is 18.1. The number of anilines is 1. The van der Waals surface area contributed by atoms with Crippen molar-refractivity contribution in [3.8, 4) is 0 Å². The third-order valence-electron chi connectivity index (χ3n) is 4.27. The van der Waals surface area contributed by atoms with Gasteiger partial charge >= 0.3 is 0 Å². The van der Waals surface area contributed by atoms with Crippen LogP contribution in [0.4, 0.5) is 5.69 Å². The van der Waals surface area contributed by atoms with Crippen molar-refractivity contribution in [3.05, 3.63) is 23.8 Å². The molecule has 3 unspecified atom stereocenters. The number of nitrogens with one attached hydrogen (secondary N) is 3. The molecule has 1 aromatic rings. The Kier molecular flexibility index (Phi) is 5.95. The summed E-state index contributed by atoms with van der Waals surface area (Å²) in [6.07, 6.45) is 0.946. The molecule has 0 spiro atoms. The maximum Gasteiger partial charge on any atom is 0.251 e. The molecule has 23 heavy (non-hydrogen) atoms. The third kappa shape index (κ3) is 4.00. The Bertz CT molecular complexity index is 611. The molecule has 1 fully saturated rings. The zero-order valence-electron chi connectivity index (χ0n) is 13.2. The maximum absolute atomic E-state index is 12.4. The number of amides is 2. The predicted molar refractivity (Wildman–Crippen MR) is 95.5 cm³/mol. The largest absolute Gasteiger partial charge is 0.349 e. The average Bonchev–Trinajstić information content (AvgIpc) is 2.50. The van der Waals surface area contributed by atoms with Crippen LogP contribution >= 0.6 is 24.2 Å². The molecule has 0 bridgehead atoms. The van der Waals surface area contributed by atoms with Crippen LogP contribution < -0.4 is 16.0 Å². The van der Waals surface area contributed by atoms with E-state index in [1.165, 1.54) is 11.8 Å². The van der Waals surface area contributed by atoms with Crippen molar-refractivity contribution >= 4 is 41.7 Å². The zero-order chi connectivity index (χ0) is 15.7. The molecule has 126 valence electrons. The predicted octanol–water partition coefficient (Wildman–Crippen LogP) is 2.27. The van der Waals surface area contributed by atoms with E-state index in [4.69, 9.17) is 0 Å². The summed E-state index contributed by atoms with van der Waals surface area (Å²) in [4.78, 5) is 25.2. The molecular weight excluding hydrogens is 334 g/mol. The van der Waals surface area contributed by atoms with Crippen molar-refractivity contribution < 1.29 is 9.59 Å². The number of carbonyl (C=O) groups is 2. The molecule has 1 aromatic carbocycles. The Hall–Kier alpha value is -1.24. The van der Waals surface area contributed by atoms with E-state index < -0.39 is 0 Å². The van der Waals surface area contributed by atoms with Gasteiger partial charge in [-0.05, 0) is 50.6 Å². The quantitative estimate of drug-likeness (QED) is 0.761. The summed E-state index contributed by atoms with van der Waals surface area (Å²) < 4.78 is 0. The summed E-state index contributed by atoms with van der Waals surface area (Å²) >= 11 is 1.52. The number of rotatable bonds is 2. The summed E-state index contributed by atoms with van der Waals surface area (Å²) in [5, 5.41) is 9.21. The first-order valence-electron chi connectivity index (χ1n) is 7.68. The van der Waals surface area contributed by atoms with Crippen LogP contribution in [-0.4, -0.2) is 36.2 Å². The molecule has 0 aromatic heterocycles. The first-order valence-corrected chi connectivity index (χ1v) is 8.55. The van der Waals surface area contributed by atoms with Crippen molar-refractivity contribution in [1.82, 2.24) is 10.6 Å². The topological polar surface area (TPSA) is 70.2 Å². The van der Waals surface area contributed by atoms with Gasteiger partial charge in [-0.15, -0.1) is 24.2 Å². The van der Waals surface area contributed by atoms with Crippen LogP contribution in [0, 0.1) is 5.92 Å². The Morgan fingerprint density at radius 3 is 2.87 bits per heavy atom. The second-order valence-electron chi connectivity index (χ2n) is 6.01. The Morgan fingerprint density at radius 1 is 1.35 bits per heavy atom. The van der Waals surface area contributed by atoms with Crippen molar-refractivity contribution in [2.45, 2.75) is 36.5 Å². The van der Waals surface area contributed by atoms with Gasteiger partial charge in [-0.1, -0.05) is 6.92 Å². The molecule has 0 aliphatic carbocycles. The van der Waals surface area contributed by atoms with Crippen LogP contribution in [0.2, 0.25) is 0 Å². The van der Waals surface area contributed by atoms with Gasteiger partial charge in [0.2, 0.25) is 5.91 Å². The molecule has 2 aliphatic heterocycles. The number of carbonyl (C=O) groups excluding carboxylic acids is 2. The van der Waals surface area contributed by atoms with Gasteiger partial charge in [-0.25, -0.2) is 0 Å². The zero-order valence-corrected chi connectivity index (χ0v) is 14.9. The average molecular weight is 356 g/mol. The van der Waals surface area contributed by atoms with Gasteiger partial charge in [0.05, 0.1) is 10.9 Å². The molecule has 3 atom stereocenters. The second-order valence-corrected chi connectivity index (χ2v) is 7.39. The number of halogens is 1. The number of hydrogen-bond acceptors (Lipinski definition) is 4. The molecule has 0 radical (unpaired) electrons. The SMILES string of the molecule is CC1Sc2ccc(C(=O)NC3CCNCC3C)cc2NC1=O.Cl. The lowest BCUT2D eigenvalue weighted by Gasteiger charge is -2.30. The smallest absolute Gasteiger partial charge is 0.251 e. The fourth-order valence-corrected chi connectivity index (χ4v) is 3.76. The molecule has 2 aliphatic rings. The minimum Gasteiger partial charge on any atom is -0.349 e. The van der Waals surface area contributed by atoms with E-state index in [1.807, 2.05) is 19.1 Å². The lowest BCUT2D eigenvalue weighted by Crippen LogP contribution is -2.48. The third-order valence-corrected chi connectivity index (χ3v) is 5.45. The van der Waals surface area contributed by atoms with Crippen LogP contribution in [0.5, 0.6) is 0 Å². The standard InChI is InChI=1S/C16H21N3O2S.ClH/c1-9-8-17-6-5-12(9)18-16(21)11-3-4-14-13(7-11)19-15(20)10(2)22-14;/h3-4,7,9-10,12,17H,5-6,8H2,1-2H3,(H,18,21)(H,19,20);1H. The highest BCUT2D eigenvalue weighted by Gasteiger charge is 2.26. The summed E-state index contributed by atoms with van der Waals surface area (Å²) in [7, 11) is 0. The van der Waals surface area contributed by atoms with Crippen LogP contribution in [-0.2, 0) is 4.79 Å². The van der Waals surface area contributed by atoms with Gasteiger partial charge in [0, 0.05) is 16.5 Å². The lowest BCUT2D eigenvalue weighted by atomic mass is 9.95. The van der Waals surface area contributed by atoms with Crippen molar-refractivity contribution in [2.75, 3.05) is 18.4 Å². The summed E-state index contributed by atoms with van der Waals surface area (Å²) in [6.45, 7) is 5.88. The Balaban J connectivity index is 0.00000192. The molecule has 3 N–H and O–H groups in total. The first-order chi connectivity index (χ1) is 10.5.